The Morgan fingerprint density at radius 3 is 2.67 bits per heavy atom. The lowest BCUT2D eigenvalue weighted by molar-refractivity contribution is 0.768. The third-order valence-corrected chi connectivity index (χ3v) is 5.58. The number of rotatable bonds is 4. The van der Waals surface area contributed by atoms with E-state index in [1.54, 1.807) is 6.20 Å². The molecule has 0 radical (unpaired) electrons. The van der Waals surface area contributed by atoms with E-state index < -0.39 is 0 Å². The average molecular weight is 425 g/mol. The van der Waals surface area contributed by atoms with Gasteiger partial charge < -0.3 is 5.32 Å². The fourth-order valence-electron chi connectivity index (χ4n) is 2.32. The van der Waals surface area contributed by atoms with Gasteiger partial charge in [0, 0.05) is 30.7 Å². The first-order valence-corrected chi connectivity index (χ1v) is 10.6. The second kappa shape index (κ2) is 7.18. The van der Waals surface area contributed by atoms with Crippen LogP contribution in [0.1, 0.15) is 0 Å². The van der Waals surface area contributed by atoms with E-state index in [2.05, 4.69) is 67.8 Å². The van der Waals surface area contributed by atoms with Crippen LogP contribution in [0.3, 0.4) is 0 Å². The van der Waals surface area contributed by atoms with Crippen LogP contribution in [0.5, 0.6) is 0 Å². The molecule has 24 heavy (non-hydrogen) atoms. The number of nitrogens with zero attached hydrogens (tertiary/aromatic N) is 4. The monoisotopic (exact) mass is 423 g/mol. The van der Waals surface area contributed by atoms with Crippen LogP contribution in [0.2, 0.25) is 5.28 Å². The van der Waals surface area contributed by atoms with Gasteiger partial charge in [0.05, 0.1) is 10.7 Å². The fraction of sp³-hybridized carbons (Fsp3) is 0.188. The molecule has 2 aromatic heterocycles. The summed E-state index contributed by atoms with van der Waals surface area (Å²) in [6.45, 7) is 4.45. The first kappa shape index (κ1) is 17.3. The summed E-state index contributed by atoms with van der Waals surface area (Å²) in [5, 5.41) is 9.08. The summed E-state index contributed by atoms with van der Waals surface area (Å²) in [6.07, 6.45) is 5.53. The second-order valence-corrected chi connectivity index (χ2v) is 8.95. The standard InChI is InChI=1S/C16H16BrClN5P/c1-23-9-11(7-20-23)10-4-5-13(14(6-10)24(2)3)21-15-12(17)8-19-16(18)22-15/h4-9H,1-3H3,(H,19,21,22). The van der Waals surface area contributed by atoms with Crippen LogP contribution in [-0.2, 0) is 7.05 Å². The summed E-state index contributed by atoms with van der Waals surface area (Å²) in [4.78, 5) is 8.20. The van der Waals surface area contributed by atoms with Crippen LogP contribution in [0, 0.1) is 0 Å². The Labute approximate surface area is 155 Å². The molecule has 0 saturated carbocycles. The highest BCUT2D eigenvalue weighted by molar-refractivity contribution is 9.10. The van der Waals surface area contributed by atoms with Gasteiger partial charge in [0.2, 0.25) is 5.28 Å². The maximum absolute atomic E-state index is 5.90. The van der Waals surface area contributed by atoms with E-state index in [9.17, 15) is 0 Å². The van der Waals surface area contributed by atoms with Crippen molar-refractivity contribution in [3.63, 3.8) is 0 Å². The van der Waals surface area contributed by atoms with E-state index in [4.69, 9.17) is 11.6 Å². The topological polar surface area (TPSA) is 55.6 Å². The molecule has 0 aliphatic carbocycles. The number of hydrogen-bond acceptors (Lipinski definition) is 4. The van der Waals surface area contributed by atoms with Crippen molar-refractivity contribution in [2.45, 2.75) is 0 Å². The number of hydrogen-bond donors (Lipinski definition) is 1. The molecule has 0 aliphatic heterocycles. The minimum absolute atomic E-state index is 0.212. The fourth-order valence-corrected chi connectivity index (χ4v) is 3.75. The predicted molar refractivity (Wildman–Crippen MR) is 105 cm³/mol. The van der Waals surface area contributed by atoms with E-state index in [1.807, 2.05) is 24.1 Å². The van der Waals surface area contributed by atoms with E-state index in [0.29, 0.717) is 5.82 Å². The summed E-state index contributed by atoms with van der Waals surface area (Å²) in [5.41, 5.74) is 3.28. The van der Waals surface area contributed by atoms with Gasteiger partial charge in [-0.15, -0.1) is 0 Å². The Kier molecular flexibility index (Phi) is 5.18. The molecule has 0 spiro atoms. The predicted octanol–water partition coefficient (Wildman–Crippen LogP) is 4.40. The van der Waals surface area contributed by atoms with E-state index in [-0.39, 0.29) is 13.2 Å². The van der Waals surface area contributed by atoms with E-state index >= 15 is 0 Å². The van der Waals surface area contributed by atoms with Crippen LogP contribution >= 0.6 is 35.5 Å². The van der Waals surface area contributed by atoms with Gasteiger partial charge in [-0.2, -0.15) is 10.1 Å². The Morgan fingerprint density at radius 2 is 2.00 bits per heavy atom. The zero-order valence-corrected chi connectivity index (χ0v) is 16.7. The lowest BCUT2D eigenvalue weighted by atomic mass is 10.1. The zero-order valence-electron chi connectivity index (χ0n) is 13.5. The van der Waals surface area contributed by atoms with E-state index in [1.165, 1.54) is 5.30 Å². The lowest BCUT2D eigenvalue weighted by Crippen LogP contribution is -2.09. The first-order valence-electron chi connectivity index (χ1n) is 7.19. The van der Waals surface area contributed by atoms with Crippen molar-refractivity contribution in [3.05, 3.63) is 46.5 Å². The largest absolute Gasteiger partial charge is 0.339 e. The van der Waals surface area contributed by atoms with E-state index in [0.717, 1.165) is 21.3 Å². The molecule has 3 aromatic rings. The van der Waals surface area contributed by atoms with Crippen molar-refractivity contribution >= 4 is 52.3 Å². The molecular formula is C16H16BrClN5P. The number of halogens is 2. The van der Waals surface area contributed by atoms with Gasteiger partial charge in [-0.1, -0.05) is 14.0 Å². The molecular weight excluding hydrogens is 409 g/mol. The van der Waals surface area contributed by atoms with Crippen molar-refractivity contribution in [2.24, 2.45) is 7.05 Å². The molecule has 1 N–H and O–H groups in total. The Morgan fingerprint density at radius 1 is 1.21 bits per heavy atom. The number of anilines is 2. The highest BCUT2D eigenvalue weighted by atomic mass is 79.9. The van der Waals surface area contributed by atoms with Crippen molar-refractivity contribution in [3.8, 4) is 11.1 Å². The Balaban J connectivity index is 2.00. The average Bonchev–Trinajstić information content (AvgIpc) is 2.97. The van der Waals surface area contributed by atoms with Gasteiger partial charge in [-0.3, -0.25) is 4.68 Å². The smallest absolute Gasteiger partial charge is 0.224 e. The molecule has 0 amide bonds. The molecule has 0 aliphatic rings. The summed E-state index contributed by atoms with van der Waals surface area (Å²) in [6, 6.07) is 6.36. The third kappa shape index (κ3) is 3.77. The molecule has 2 heterocycles. The van der Waals surface area contributed by atoms with Gasteiger partial charge in [-0.25, -0.2) is 4.98 Å². The summed E-state index contributed by atoms with van der Waals surface area (Å²) >= 11 is 9.36. The quantitative estimate of drug-likeness (QED) is 0.498. The highest BCUT2D eigenvalue weighted by Gasteiger charge is 2.12. The molecule has 3 rings (SSSR count). The summed E-state index contributed by atoms with van der Waals surface area (Å²) < 4.78 is 2.58. The number of aromatic nitrogens is 4. The van der Waals surface area contributed by atoms with Crippen molar-refractivity contribution < 1.29 is 0 Å². The SMILES string of the molecule is Cn1cc(-c2ccc(Nc3nc(Cl)ncc3Br)c(P(C)C)c2)cn1. The van der Waals surface area contributed by atoms with Gasteiger partial charge in [0.15, 0.2) is 0 Å². The molecule has 0 atom stereocenters. The van der Waals surface area contributed by atoms with Crippen molar-refractivity contribution in [1.82, 2.24) is 19.7 Å². The number of aryl methyl sites for hydroxylation is 1. The highest BCUT2D eigenvalue weighted by Crippen LogP contribution is 2.33. The number of nitrogens with one attached hydrogen (secondary N) is 1. The maximum Gasteiger partial charge on any atom is 0.224 e. The minimum atomic E-state index is -0.311. The maximum atomic E-state index is 5.90. The van der Waals surface area contributed by atoms with Gasteiger partial charge >= 0.3 is 0 Å². The Hall–Kier alpha value is -1.49. The summed E-state index contributed by atoms with van der Waals surface area (Å²) in [5.74, 6) is 0.655. The Bertz CT molecular complexity index is 881. The lowest BCUT2D eigenvalue weighted by Gasteiger charge is -2.16. The molecule has 0 saturated heterocycles. The van der Waals surface area contributed by atoms with Gasteiger partial charge in [0.25, 0.3) is 0 Å². The minimum Gasteiger partial charge on any atom is -0.339 e. The van der Waals surface area contributed by atoms with Gasteiger partial charge in [0.1, 0.15) is 5.82 Å². The van der Waals surface area contributed by atoms with Crippen LogP contribution in [0.15, 0.2) is 41.3 Å². The van der Waals surface area contributed by atoms with Crippen LogP contribution < -0.4 is 10.6 Å². The normalized spacial score (nSPS) is 11.1. The van der Waals surface area contributed by atoms with Crippen LogP contribution in [0.25, 0.3) is 11.1 Å². The molecule has 8 heteroatoms. The number of benzene rings is 1. The van der Waals surface area contributed by atoms with Crippen molar-refractivity contribution in [2.75, 3.05) is 18.6 Å². The third-order valence-electron chi connectivity index (χ3n) is 3.49. The van der Waals surface area contributed by atoms with Crippen LogP contribution in [0.4, 0.5) is 11.5 Å². The first-order chi connectivity index (χ1) is 11.4. The zero-order chi connectivity index (χ0) is 17.3. The molecule has 5 nitrogen and oxygen atoms in total. The molecule has 1 aromatic carbocycles. The summed E-state index contributed by atoms with van der Waals surface area (Å²) in [7, 11) is 1.61. The molecule has 0 bridgehead atoms. The van der Waals surface area contributed by atoms with Crippen molar-refractivity contribution in [1.29, 1.82) is 0 Å². The molecule has 0 fully saturated rings. The molecule has 124 valence electrons. The molecule has 0 unspecified atom stereocenters. The van der Waals surface area contributed by atoms with Gasteiger partial charge in [-0.05, 0) is 63.9 Å². The second-order valence-electron chi connectivity index (χ2n) is 5.49. The van der Waals surface area contributed by atoms with Crippen LogP contribution in [-0.4, -0.2) is 33.1 Å².